The summed E-state index contributed by atoms with van der Waals surface area (Å²) in [5.41, 5.74) is 6.71. The van der Waals surface area contributed by atoms with E-state index < -0.39 is 5.97 Å². The summed E-state index contributed by atoms with van der Waals surface area (Å²) >= 11 is 0. The molecule has 3 N–H and O–H groups in total. The quantitative estimate of drug-likeness (QED) is 0.743. The maximum Gasteiger partial charge on any atom is 0.323 e. The zero-order valence-corrected chi connectivity index (χ0v) is 11.7. The zero-order chi connectivity index (χ0) is 14.5. The Balaban J connectivity index is 1.90. The molecular weight excluding hydrogens is 258 g/mol. The molecule has 0 aliphatic carbocycles. The van der Waals surface area contributed by atoms with Gasteiger partial charge in [-0.2, -0.15) is 0 Å². The second kappa shape index (κ2) is 6.62. The number of hydrogen-bond donors (Lipinski definition) is 2. The summed E-state index contributed by atoms with van der Waals surface area (Å²) in [6.07, 6.45) is 4.67. The molecule has 2 rings (SSSR count). The van der Waals surface area contributed by atoms with Gasteiger partial charge in [0.1, 0.15) is 6.54 Å². The number of carbonyl (C=O) groups is 1. The van der Waals surface area contributed by atoms with Gasteiger partial charge in [0.2, 0.25) is 5.95 Å². The second-order valence-corrected chi connectivity index (χ2v) is 5.27. The Morgan fingerprint density at radius 2 is 2.25 bits per heavy atom. The van der Waals surface area contributed by atoms with Crippen LogP contribution in [0.1, 0.15) is 12.0 Å². The maximum atomic E-state index is 10.6. The van der Waals surface area contributed by atoms with Gasteiger partial charge in [-0.05, 0) is 25.4 Å². The van der Waals surface area contributed by atoms with E-state index in [2.05, 4.69) is 14.9 Å². The molecule has 7 nitrogen and oxygen atoms in total. The number of aromatic nitrogens is 2. The van der Waals surface area contributed by atoms with Crippen LogP contribution >= 0.6 is 0 Å². The van der Waals surface area contributed by atoms with Crippen molar-refractivity contribution in [2.45, 2.75) is 13.0 Å². The molecule has 0 bridgehead atoms. The van der Waals surface area contributed by atoms with Crippen molar-refractivity contribution in [1.82, 2.24) is 14.9 Å². The SMILES string of the molecule is CN(CC(=O)O)c1ncc(CN2CC[C@H](CN)C2)cn1. The van der Waals surface area contributed by atoms with Crippen molar-refractivity contribution in [2.24, 2.45) is 11.7 Å². The topological polar surface area (TPSA) is 95.6 Å². The lowest BCUT2D eigenvalue weighted by atomic mass is 10.1. The van der Waals surface area contributed by atoms with Gasteiger partial charge < -0.3 is 15.7 Å². The van der Waals surface area contributed by atoms with Crippen molar-refractivity contribution < 1.29 is 9.90 Å². The number of carboxylic acid groups (broad SMARTS) is 1. The van der Waals surface area contributed by atoms with Gasteiger partial charge in [-0.15, -0.1) is 0 Å². The summed E-state index contributed by atoms with van der Waals surface area (Å²) in [5, 5.41) is 8.72. The predicted molar refractivity (Wildman–Crippen MR) is 75.4 cm³/mol. The van der Waals surface area contributed by atoms with Crippen LogP contribution in [-0.4, -0.2) is 59.2 Å². The normalized spacial score (nSPS) is 19.2. The molecule has 7 heteroatoms. The third kappa shape index (κ3) is 3.88. The molecular formula is C13H21N5O2. The molecule has 2 heterocycles. The molecule has 1 aliphatic rings. The lowest BCUT2D eigenvalue weighted by Crippen LogP contribution is -2.27. The average Bonchev–Trinajstić information content (AvgIpc) is 2.86. The fraction of sp³-hybridized carbons (Fsp3) is 0.615. The van der Waals surface area contributed by atoms with E-state index in [4.69, 9.17) is 10.8 Å². The minimum Gasteiger partial charge on any atom is -0.480 e. The highest BCUT2D eigenvalue weighted by atomic mass is 16.4. The summed E-state index contributed by atoms with van der Waals surface area (Å²) in [4.78, 5) is 22.9. The molecule has 1 aliphatic heterocycles. The number of likely N-dealkylation sites (tertiary alicyclic amines) is 1. The van der Waals surface area contributed by atoms with Crippen LogP contribution in [0.3, 0.4) is 0 Å². The lowest BCUT2D eigenvalue weighted by Gasteiger charge is -2.17. The molecule has 20 heavy (non-hydrogen) atoms. The average molecular weight is 279 g/mol. The first-order valence-corrected chi connectivity index (χ1v) is 6.74. The molecule has 1 atom stereocenters. The first-order valence-electron chi connectivity index (χ1n) is 6.74. The Labute approximate surface area is 118 Å². The number of rotatable bonds is 6. The van der Waals surface area contributed by atoms with Crippen LogP contribution < -0.4 is 10.6 Å². The Kier molecular flexibility index (Phi) is 4.86. The van der Waals surface area contributed by atoms with E-state index in [0.29, 0.717) is 11.9 Å². The van der Waals surface area contributed by atoms with E-state index >= 15 is 0 Å². The van der Waals surface area contributed by atoms with Crippen LogP contribution in [-0.2, 0) is 11.3 Å². The van der Waals surface area contributed by atoms with Gasteiger partial charge in [0.25, 0.3) is 0 Å². The van der Waals surface area contributed by atoms with E-state index in [0.717, 1.165) is 38.2 Å². The monoisotopic (exact) mass is 279 g/mol. The van der Waals surface area contributed by atoms with E-state index in [1.54, 1.807) is 19.4 Å². The number of nitrogens with two attached hydrogens (primary N) is 1. The Morgan fingerprint density at radius 3 is 2.80 bits per heavy atom. The van der Waals surface area contributed by atoms with Crippen LogP contribution in [0.15, 0.2) is 12.4 Å². The third-order valence-electron chi connectivity index (χ3n) is 3.52. The fourth-order valence-corrected chi connectivity index (χ4v) is 2.41. The number of carboxylic acids is 1. The highest BCUT2D eigenvalue weighted by molar-refractivity contribution is 5.72. The summed E-state index contributed by atoms with van der Waals surface area (Å²) in [6, 6.07) is 0. The smallest absolute Gasteiger partial charge is 0.323 e. The van der Waals surface area contributed by atoms with Crippen molar-refractivity contribution in [3.05, 3.63) is 18.0 Å². The van der Waals surface area contributed by atoms with Gasteiger partial charge in [-0.1, -0.05) is 0 Å². The highest BCUT2D eigenvalue weighted by Gasteiger charge is 2.21. The maximum absolute atomic E-state index is 10.6. The molecule has 110 valence electrons. The number of hydrogen-bond acceptors (Lipinski definition) is 6. The molecule has 0 spiro atoms. The van der Waals surface area contributed by atoms with Crippen LogP contribution in [0.4, 0.5) is 5.95 Å². The first kappa shape index (κ1) is 14.7. The van der Waals surface area contributed by atoms with Gasteiger partial charge in [0, 0.05) is 38.1 Å². The summed E-state index contributed by atoms with van der Waals surface area (Å²) in [6.45, 7) is 3.54. The lowest BCUT2D eigenvalue weighted by molar-refractivity contribution is -0.135. The minimum atomic E-state index is -0.898. The summed E-state index contributed by atoms with van der Waals surface area (Å²) in [5.74, 6) is 0.124. The molecule has 0 amide bonds. The third-order valence-corrected chi connectivity index (χ3v) is 3.52. The standard InChI is InChI=1S/C13H21N5O2/c1-17(9-12(19)20)13-15-5-11(6-16-13)8-18-3-2-10(4-14)7-18/h5-6,10H,2-4,7-9,14H2,1H3,(H,19,20)/t10-/m1/s1. The minimum absolute atomic E-state index is 0.107. The van der Waals surface area contributed by atoms with E-state index in [-0.39, 0.29) is 6.54 Å². The Hall–Kier alpha value is -1.73. The molecule has 1 aromatic rings. The number of anilines is 1. The van der Waals surface area contributed by atoms with Crippen molar-refractivity contribution in [3.63, 3.8) is 0 Å². The summed E-state index contributed by atoms with van der Waals surface area (Å²) < 4.78 is 0. The molecule has 1 aromatic heterocycles. The molecule has 0 radical (unpaired) electrons. The molecule has 0 aromatic carbocycles. The Bertz CT molecular complexity index is 451. The fourth-order valence-electron chi connectivity index (χ4n) is 2.41. The van der Waals surface area contributed by atoms with E-state index in [1.165, 1.54) is 4.90 Å². The number of likely N-dealkylation sites (N-methyl/N-ethyl adjacent to an activating group) is 1. The number of nitrogens with zero attached hydrogens (tertiary/aromatic N) is 4. The van der Waals surface area contributed by atoms with Crippen molar-refractivity contribution in [3.8, 4) is 0 Å². The van der Waals surface area contributed by atoms with Gasteiger partial charge in [-0.3, -0.25) is 9.69 Å². The van der Waals surface area contributed by atoms with Gasteiger partial charge in [0.05, 0.1) is 0 Å². The van der Waals surface area contributed by atoms with Crippen LogP contribution in [0.2, 0.25) is 0 Å². The van der Waals surface area contributed by atoms with Gasteiger partial charge >= 0.3 is 5.97 Å². The van der Waals surface area contributed by atoms with Gasteiger partial charge in [0.15, 0.2) is 0 Å². The molecule has 0 saturated carbocycles. The largest absolute Gasteiger partial charge is 0.480 e. The van der Waals surface area contributed by atoms with Crippen molar-refractivity contribution >= 4 is 11.9 Å². The van der Waals surface area contributed by atoms with Crippen molar-refractivity contribution in [2.75, 3.05) is 38.1 Å². The van der Waals surface area contributed by atoms with E-state index in [1.807, 2.05) is 0 Å². The highest BCUT2D eigenvalue weighted by Crippen LogP contribution is 2.17. The summed E-state index contributed by atoms with van der Waals surface area (Å²) in [7, 11) is 1.66. The first-order chi connectivity index (χ1) is 9.58. The Morgan fingerprint density at radius 1 is 1.55 bits per heavy atom. The van der Waals surface area contributed by atoms with Crippen molar-refractivity contribution in [1.29, 1.82) is 0 Å². The second-order valence-electron chi connectivity index (χ2n) is 5.27. The molecule has 1 saturated heterocycles. The zero-order valence-electron chi connectivity index (χ0n) is 11.7. The van der Waals surface area contributed by atoms with Crippen LogP contribution in [0, 0.1) is 5.92 Å². The van der Waals surface area contributed by atoms with Crippen LogP contribution in [0.25, 0.3) is 0 Å². The molecule has 1 fully saturated rings. The van der Waals surface area contributed by atoms with Crippen LogP contribution in [0.5, 0.6) is 0 Å². The molecule has 0 unspecified atom stereocenters. The predicted octanol–water partition coefficient (Wildman–Crippen LogP) is -0.222. The number of aliphatic carboxylic acids is 1. The van der Waals surface area contributed by atoms with Gasteiger partial charge in [-0.25, -0.2) is 9.97 Å². The van der Waals surface area contributed by atoms with E-state index in [9.17, 15) is 4.79 Å².